The second-order valence-electron chi connectivity index (χ2n) is 5.67. The van der Waals surface area contributed by atoms with Crippen LogP contribution in [0.4, 0.5) is 0 Å². The van der Waals surface area contributed by atoms with E-state index in [1.165, 1.54) is 12.8 Å². The lowest BCUT2D eigenvalue weighted by molar-refractivity contribution is -0.152. The topological polar surface area (TPSA) is 73.6 Å². The Balaban J connectivity index is 1.81. The van der Waals surface area contributed by atoms with Gasteiger partial charge in [-0.15, -0.1) is 0 Å². The van der Waals surface area contributed by atoms with Gasteiger partial charge in [-0.25, -0.2) is 0 Å². The lowest BCUT2D eigenvalue weighted by atomic mass is 9.72. The van der Waals surface area contributed by atoms with Crippen LogP contribution in [-0.2, 0) is 14.3 Å². The zero-order valence-electron chi connectivity index (χ0n) is 11.3. The minimum Gasteiger partial charge on any atom is -0.378 e. The van der Waals surface area contributed by atoms with E-state index in [0.29, 0.717) is 12.7 Å². The summed E-state index contributed by atoms with van der Waals surface area (Å²) in [5.74, 6) is -0.177. The van der Waals surface area contributed by atoms with Crippen LogP contribution in [0.5, 0.6) is 0 Å². The fourth-order valence-corrected chi connectivity index (χ4v) is 2.79. The van der Waals surface area contributed by atoms with E-state index in [1.54, 1.807) is 7.05 Å². The lowest BCUT2D eigenvalue weighted by Gasteiger charge is -2.46. The van der Waals surface area contributed by atoms with Crippen LogP contribution in [0.3, 0.4) is 0 Å². The molecule has 2 bridgehead atoms. The monoisotopic (exact) mass is 256 g/mol. The summed E-state index contributed by atoms with van der Waals surface area (Å²) in [4.78, 5) is 11.4. The summed E-state index contributed by atoms with van der Waals surface area (Å²) < 4.78 is 11.6. The van der Waals surface area contributed by atoms with Crippen LogP contribution < -0.4 is 11.1 Å². The van der Waals surface area contributed by atoms with Crippen molar-refractivity contribution < 1.29 is 14.3 Å². The maximum atomic E-state index is 11.4. The van der Waals surface area contributed by atoms with Crippen molar-refractivity contribution in [1.82, 2.24) is 5.32 Å². The second kappa shape index (κ2) is 5.55. The molecule has 3 rings (SSSR count). The summed E-state index contributed by atoms with van der Waals surface area (Å²) in [6.45, 7) is 3.29. The van der Waals surface area contributed by atoms with Crippen LogP contribution in [0.25, 0.3) is 0 Å². The zero-order chi connectivity index (χ0) is 13.2. The van der Waals surface area contributed by atoms with Gasteiger partial charge in [-0.3, -0.25) is 4.79 Å². The Morgan fingerprint density at radius 3 is 2.72 bits per heavy atom. The largest absolute Gasteiger partial charge is 0.378 e. The molecule has 0 aromatic rings. The molecule has 1 amide bonds. The van der Waals surface area contributed by atoms with Crippen molar-refractivity contribution in [2.24, 2.45) is 11.1 Å². The molecule has 1 unspecified atom stereocenters. The number of carbonyl (C=O) groups is 1. The van der Waals surface area contributed by atoms with E-state index in [9.17, 15) is 4.79 Å². The Kier molecular flexibility index (Phi) is 4.25. The second-order valence-corrected chi connectivity index (χ2v) is 5.67. The molecule has 18 heavy (non-hydrogen) atoms. The van der Waals surface area contributed by atoms with Crippen molar-refractivity contribution in [3.8, 4) is 0 Å². The predicted molar refractivity (Wildman–Crippen MR) is 68.1 cm³/mol. The van der Waals surface area contributed by atoms with Crippen molar-refractivity contribution in [3.63, 3.8) is 0 Å². The molecule has 2 saturated heterocycles. The SMILES string of the molecule is CNC(=O)C(N)[C@@H](C)OCC12CCC(CC1)OC2. The van der Waals surface area contributed by atoms with Crippen molar-refractivity contribution in [2.45, 2.75) is 50.9 Å². The van der Waals surface area contributed by atoms with Crippen LogP contribution in [-0.4, -0.2) is 44.4 Å². The van der Waals surface area contributed by atoms with Gasteiger partial charge in [0.1, 0.15) is 6.04 Å². The average molecular weight is 256 g/mol. The number of ether oxygens (including phenoxy) is 2. The maximum Gasteiger partial charge on any atom is 0.239 e. The number of nitrogens with one attached hydrogen (secondary N) is 1. The molecule has 2 aliphatic heterocycles. The van der Waals surface area contributed by atoms with Gasteiger partial charge in [-0.2, -0.15) is 0 Å². The van der Waals surface area contributed by atoms with E-state index in [1.807, 2.05) is 6.92 Å². The predicted octanol–water partition coefficient (Wildman–Crippen LogP) is 0.424. The summed E-state index contributed by atoms with van der Waals surface area (Å²) in [5.41, 5.74) is 5.97. The molecule has 3 aliphatic rings. The summed E-state index contributed by atoms with van der Waals surface area (Å²) in [7, 11) is 1.59. The summed E-state index contributed by atoms with van der Waals surface area (Å²) in [6, 6.07) is -0.604. The molecule has 3 N–H and O–H groups in total. The zero-order valence-corrected chi connectivity index (χ0v) is 11.3. The van der Waals surface area contributed by atoms with Gasteiger partial charge < -0.3 is 20.5 Å². The van der Waals surface area contributed by atoms with Crippen molar-refractivity contribution in [2.75, 3.05) is 20.3 Å². The Morgan fingerprint density at radius 2 is 2.22 bits per heavy atom. The highest BCUT2D eigenvalue weighted by molar-refractivity contribution is 5.81. The molecule has 1 saturated carbocycles. The molecular formula is C13H24N2O3. The van der Waals surface area contributed by atoms with Gasteiger partial charge in [-0.05, 0) is 32.6 Å². The van der Waals surface area contributed by atoms with Crippen LogP contribution in [0, 0.1) is 5.41 Å². The van der Waals surface area contributed by atoms with E-state index in [4.69, 9.17) is 15.2 Å². The molecule has 0 spiro atoms. The number of rotatable bonds is 5. The van der Waals surface area contributed by atoms with E-state index in [2.05, 4.69) is 5.32 Å². The van der Waals surface area contributed by atoms with Gasteiger partial charge in [0.2, 0.25) is 5.91 Å². The molecule has 0 radical (unpaired) electrons. The van der Waals surface area contributed by atoms with E-state index >= 15 is 0 Å². The van der Waals surface area contributed by atoms with Crippen LogP contribution in [0.2, 0.25) is 0 Å². The van der Waals surface area contributed by atoms with Crippen LogP contribution in [0.15, 0.2) is 0 Å². The summed E-state index contributed by atoms with van der Waals surface area (Å²) in [5, 5.41) is 2.55. The third kappa shape index (κ3) is 2.84. The first-order chi connectivity index (χ1) is 8.56. The molecule has 0 aromatic heterocycles. The number of hydrogen-bond acceptors (Lipinski definition) is 4. The molecule has 2 heterocycles. The Morgan fingerprint density at radius 1 is 1.56 bits per heavy atom. The number of hydrogen-bond donors (Lipinski definition) is 2. The van der Waals surface area contributed by atoms with Gasteiger partial charge in [0.15, 0.2) is 0 Å². The first-order valence-electron chi connectivity index (χ1n) is 6.77. The van der Waals surface area contributed by atoms with Gasteiger partial charge in [-0.1, -0.05) is 0 Å². The minimum atomic E-state index is -0.604. The van der Waals surface area contributed by atoms with E-state index in [0.717, 1.165) is 19.4 Å². The number of carbonyl (C=O) groups excluding carboxylic acids is 1. The van der Waals surface area contributed by atoms with Crippen LogP contribution in [0.1, 0.15) is 32.6 Å². The lowest BCUT2D eigenvalue weighted by Crippen LogP contribution is -2.50. The standard InChI is InChI=1S/C13H24N2O3/c1-9(11(14)12(16)15-2)17-7-13-5-3-10(4-6-13)18-8-13/h9-11H,3-8,14H2,1-2H3,(H,15,16)/t9-,10?,11?,13?/m1/s1. The first kappa shape index (κ1) is 13.8. The molecule has 104 valence electrons. The van der Waals surface area contributed by atoms with Crippen molar-refractivity contribution >= 4 is 5.91 Å². The fourth-order valence-electron chi connectivity index (χ4n) is 2.79. The third-order valence-electron chi connectivity index (χ3n) is 4.33. The summed E-state index contributed by atoms with van der Waals surface area (Å²) in [6.07, 6.45) is 4.81. The summed E-state index contributed by atoms with van der Waals surface area (Å²) >= 11 is 0. The third-order valence-corrected chi connectivity index (χ3v) is 4.33. The quantitative estimate of drug-likeness (QED) is 0.748. The first-order valence-corrected chi connectivity index (χ1v) is 6.77. The highest BCUT2D eigenvalue weighted by atomic mass is 16.5. The highest BCUT2D eigenvalue weighted by Crippen LogP contribution is 2.43. The number of fused-ring (bicyclic) bond motifs is 3. The van der Waals surface area contributed by atoms with Gasteiger partial charge >= 0.3 is 0 Å². The Bertz CT molecular complexity index is 287. The maximum absolute atomic E-state index is 11.4. The molecule has 5 nitrogen and oxygen atoms in total. The number of likely N-dealkylation sites (N-methyl/N-ethyl adjacent to an activating group) is 1. The molecule has 0 aromatic carbocycles. The van der Waals surface area contributed by atoms with E-state index < -0.39 is 6.04 Å². The van der Waals surface area contributed by atoms with Gasteiger partial charge in [0.05, 0.1) is 25.4 Å². The Hall–Kier alpha value is -0.650. The molecular weight excluding hydrogens is 232 g/mol. The number of amides is 1. The Labute approximate surface area is 108 Å². The van der Waals surface area contributed by atoms with E-state index in [-0.39, 0.29) is 17.4 Å². The minimum absolute atomic E-state index is 0.158. The van der Waals surface area contributed by atoms with Crippen molar-refractivity contribution in [3.05, 3.63) is 0 Å². The smallest absolute Gasteiger partial charge is 0.239 e. The van der Waals surface area contributed by atoms with Gasteiger partial charge in [0, 0.05) is 12.5 Å². The molecule has 1 aliphatic carbocycles. The number of nitrogens with two attached hydrogens (primary N) is 1. The normalized spacial score (nSPS) is 34.1. The molecule has 5 heteroatoms. The fraction of sp³-hybridized carbons (Fsp3) is 0.923. The van der Waals surface area contributed by atoms with Crippen LogP contribution >= 0.6 is 0 Å². The van der Waals surface area contributed by atoms with Gasteiger partial charge in [0.25, 0.3) is 0 Å². The average Bonchev–Trinajstić information content (AvgIpc) is 2.45. The molecule has 3 fully saturated rings. The highest BCUT2D eigenvalue weighted by Gasteiger charge is 2.42. The molecule has 2 atom stereocenters. The van der Waals surface area contributed by atoms with Crippen molar-refractivity contribution in [1.29, 1.82) is 0 Å².